The molecule has 0 fully saturated rings. The van der Waals surface area contributed by atoms with Gasteiger partial charge in [-0.1, -0.05) is 0 Å². The maximum Gasteiger partial charge on any atom is 0.327 e. The lowest BCUT2D eigenvalue weighted by molar-refractivity contribution is -0.141. The van der Waals surface area contributed by atoms with Crippen LogP contribution < -0.4 is 21.7 Å². The average Bonchev–Trinajstić information content (AvgIpc) is 2.65. The SMILES string of the molecule is NC(CC(=O)O)C(=O)NC(CCC(=O)O)C(=O)NC(CS)C(=O)NC(CS)C(=O)O. The van der Waals surface area contributed by atoms with Crippen LogP contribution in [0.3, 0.4) is 0 Å². The summed E-state index contributed by atoms with van der Waals surface area (Å²) in [6.07, 6.45) is -1.62. The van der Waals surface area contributed by atoms with Crippen LogP contribution in [-0.4, -0.2) is 86.6 Å². The van der Waals surface area contributed by atoms with E-state index in [4.69, 9.17) is 21.1 Å². The van der Waals surface area contributed by atoms with Gasteiger partial charge in [-0.3, -0.25) is 24.0 Å². The van der Waals surface area contributed by atoms with Crippen molar-refractivity contribution in [1.29, 1.82) is 0 Å². The Labute approximate surface area is 181 Å². The molecule has 0 saturated carbocycles. The predicted octanol–water partition coefficient (Wildman–Crippen LogP) is -2.95. The van der Waals surface area contributed by atoms with Crippen LogP contribution in [0, 0.1) is 0 Å². The monoisotopic (exact) mass is 468 g/mol. The van der Waals surface area contributed by atoms with Gasteiger partial charge in [0.2, 0.25) is 17.7 Å². The molecular formula is C15H24N4O9S2. The molecule has 0 aliphatic carbocycles. The first-order chi connectivity index (χ1) is 13.9. The Morgan fingerprint density at radius 2 is 1.20 bits per heavy atom. The lowest BCUT2D eigenvalue weighted by Gasteiger charge is -2.23. The summed E-state index contributed by atoms with van der Waals surface area (Å²) in [7, 11) is 0. The van der Waals surface area contributed by atoms with Gasteiger partial charge in [0, 0.05) is 17.9 Å². The van der Waals surface area contributed by atoms with Crippen molar-refractivity contribution in [2.24, 2.45) is 5.73 Å². The molecule has 3 amide bonds. The third-order valence-corrected chi connectivity index (χ3v) is 4.35. The number of carboxylic acids is 3. The Balaban J connectivity index is 5.24. The largest absolute Gasteiger partial charge is 0.481 e. The Bertz CT molecular complexity index is 676. The second kappa shape index (κ2) is 13.7. The van der Waals surface area contributed by atoms with E-state index in [1.807, 2.05) is 0 Å². The average molecular weight is 469 g/mol. The number of nitrogens with one attached hydrogen (secondary N) is 3. The molecule has 0 heterocycles. The number of hydrogen-bond acceptors (Lipinski definition) is 9. The quantitative estimate of drug-likeness (QED) is 0.118. The van der Waals surface area contributed by atoms with Gasteiger partial charge in [-0.05, 0) is 6.42 Å². The summed E-state index contributed by atoms with van der Waals surface area (Å²) in [6.45, 7) is 0. The van der Waals surface area contributed by atoms with Crippen LogP contribution in [0.1, 0.15) is 19.3 Å². The van der Waals surface area contributed by atoms with Gasteiger partial charge < -0.3 is 37.0 Å². The lowest BCUT2D eigenvalue weighted by Crippen LogP contribution is -2.58. The first-order valence-electron chi connectivity index (χ1n) is 8.47. The summed E-state index contributed by atoms with van der Waals surface area (Å²) < 4.78 is 0. The third kappa shape index (κ3) is 10.3. The van der Waals surface area contributed by atoms with Gasteiger partial charge in [0.15, 0.2) is 0 Å². The van der Waals surface area contributed by atoms with E-state index in [0.29, 0.717) is 0 Å². The van der Waals surface area contributed by atoms with Crippen molar-refractivity contribution in [3.05, 3.63) is 0 Å². The molecule has 0 aromatic heterocycles. The van der Waals surface area contributed by atoms with Gasteiger partial charge in [0.05, 0.1) is 12.5 Å². The van der Waals surface area contributed by atoms with E-state index in [1.165, 1.54) is 0 Å². The molecule has 0 aliphatic rings. The summed E-state index contributed by atoms with van der Waals surface area (Å²) >= 11 is 7.72. The maximum atomic E-state index is 12.5. The lowest BCUT2D eigenvalue weighted by atomic mass is 10.1. The molecule has 0 radical (unpaired) electrons. The van der Waals surface area contributed by atoms with E-state index in [0.717, 1.165) is 0 Å². The number of carboxylic acid groups (broad SMARTS) is 3. The van der Waals surface area contributed by atoms with E-state index < -0.39 is 72.6 Å². The van der Waals surface area contributed by atoms with Crippen molar-refractivity contribution in [2.75, 3.05) is 11.5 Å². The minimum atomic E-state index is -1.49. The van der Waals surface area contributed by atoms with E-state index in [2.05, 4.69) is 41.2 Å². The summed E-state index contributed by atoms with van der Waals surface area (Å²) in [4.78, 5) is 69.1. The Morgan fingerprint density at radius 3 is 1.63 bits per heavy atom. The van der Waals surface area contributed by atoms with Gasteiger partial charge in [0.1, 0.15) is 18.1 Å². The molecule has 0 rings (SSSR count). The standard InChI is InChI=1S/C15H24N4O9S2/c16-6(3-11(22)23)12(24)17-7(1-2-10(20)21)13(25)18-8(4-29)14(26)19-9(5-30)15(27)28/h6-9,29-30H,1-5,16H2,(H,17,24)(H,18,25)(H,19,26)(H,20,21)(H,22,23)(H,27,28). The van der Waals surface area contributed by atoms with Gasteiger partial charge >= 0.3 is 17.9 Å². The Kier molecular flexibility index (Phi) is 12.5. The molecule has 0 aromatic carbocycles. The fourth-order valence-electron chi connectivity index (χ4n) is 2.02. The van der Waals surface area contributed by atoms with Crippen molar-refractivity contribution in [3.8, 4) is 0 Å². The minimum absolute atomic E-state index is 0.215. The Hall–Kier alpha value is -2.52. The first-order valence-corrected chi connectivity index (χ1v) is 9.74. The van der Waals surface area contributed by atoms with Gasteiger partial charge in [-0.15, -0.1) is 0 Å². The molecule has 30 heavy (non-hydrogen) atoms. The topological polar surface area (TPSA) is 225 Å². The summed E-state index contributed by atoms with van der Waals surface area (Å²) in [5, 5.41) is 33.0. The van der Waals surface area contributed by atoms with Crippen molar-refractivity contribution in [3.63, 3.8) is 0 Å². The number of carbonyl (C=O) groups excluding carboxylic acids is 3. The molecule has 4 atom stereocenters. The number of thiol groups is 2. The van der Waals surface area contributed by atoms with Crippen molar-refractivity contribution >= 4 is 60.9 Å². The summed E-state index contributed by atoms with van der Waals surface area (Å²) in [5.41, 5.74) is 5.42. The molecule has 0 aliphatic heterocycles. The van der Waals surface area contributed by atoms with Crippen molar-refractivity contribution in [1.82, 2.24) is 16.0 Å². The van der Waals surface area contributed by atoms with E-state index in [1.54, 1.807) is 0 Å². The van der Waals surface area contributed by atoms with Crippen LogP contribution in [0.4, 0.5) is 0 Å². The van der Waals surface area contributed by atoms with Crippen LogP contribution in [-0.2, 0) is 28.8 Å². The van der Waals surface area contributed by atoms with Crippen molar-refractivity contribution < 1.29 is 44.1 Å². The molecule has 8 N–H and O–H groups in total. The molecule has 0 saturated heterocycles. The number of hydrogen-bond donors (Lipinski definition) is 9. The van der Waals surface area contributed by atoms with E-state index >= 15 is 0 Å². The Morgan fingerprint density at radius 1 is 0.733 bits per heavy atom. The number of carbonyl (C=O) groups is 6. The fourth-order valence-corrected chi connectivity index (χ4v) is 2.52. The van der Waals surface area contributed by atoms with Gasteiger partial charge in [0.25, 0.3) is 0 Å². The molecule has 4 unspecified atom stereocenters. The maximum absolute atomic E-state index is 12.5. The van der Waals surface area contributed by atoms with E-state index in [9.17, 15) is 28.8 Å². The third-order valence-electron chi connectivity index (χ3n) is 3.62. The molecule has 0 spiro atoms. The first kappa shape index (κ1) is 27.5. The van der Waals surface area contributed by atoms with Gasteiger partial charge in [-0.25, -0.2) is 4.79 Å². The highest BCUT2D eigenvalue weighted by molar-refractivity contribution is 7.80. The number of rotatable bonds is 14. The normalized spacial score (nSPS) is 14.5. The van der Waals surface area contributed by atoms with Gasteiger partial charge in [-0.2, -0.15) is 25.3 Å². The summed E-state index contributed by atoms with van der Waals surface area (Å²) in [5.74, 6) is -7.27. The van der Waals surface area contributed by atoms with Crippen LogP contribution in [0.15, 0.2) is 0 Å². The second-order valence-electron chi connectivity index (χ2n) is 6.02. The molecular weight excluding hydrogens is 444 g/mol. The number of amides is 3. The highest BCUT2D eigenvalue weighted by Gasteiger charge is 2.30. The van der Waals surface area contributed by atoms with Crippen LogP contribution in [0.5, 0.6) is 0 Å². The van der Waals surface area contributed by atoms with Crippen molar-refractivity contribution in [2.45, 2.75) is 43.4 Å². The van der Waals surface area contributed by atoms with Crippen LogP contribution in [0.2, 0.25) is 0 Å². The summed E-state index contributed by atoms with van der Waals surface area (Å²) in [6, 6.07) is -5.56. The zero-order valence-electron chi connectivity index (χ0n) is 15.6. The van der Waals surface area contributed by atoms with Crippen LogP contribution >= 0.6 is 25.3 Å². The molecule has 13 nitrogen and oxygen atoms in total. The van der Waals surface area contributed by atoms with Crippen LogP contribution in [0.25, 0.3) is 0 Å². The minimum Gasteiger partial charge on any atom is -0.481 e. The zero-order valence-corrected chi connectivity index (χ0v) is 17.4. The molecule has 0 aromatic rings. The molecule has 0 bridgehead atoms. The highest BCUT2D eigenvalue weighted by atomic mass is 32.1. The fraction of sp³-hybridized carbons (Fsp3) is 0.600. The zero-order chi connectivity index (χ0) is 23.4. The molecule has 170 valence electrons. The number of aliphatic carboxylic acids is 3. The molecule has 15 heteroatoms. The predicted molar refractivity (Wildman–Crippen MR) is 108 cm³/mol. The second-order valence-corrected chi connectivity index (χ2v) is 6.75. The van der Waals surface area contributed by atoms with E-state index in [-0.39, 0.29) is 17.9 Å². The smallest absolute Gasteiger partial charge is 0.327 e. The number of nitrogens with two attached hydrogens (primary N) is 1. The highest BCUT2D eigenvalue weighted by Crippen LogP contribution is 2.02.